The summed E-state index contributed by atoms with van der Waals surface area (Å²) in [7, 11) is 3.30. The number of amides is 1. The molecule has 1 aromatic carbocycles. The zero-order chi connectivity index (χ0) is 20.4. The number of hydrogen-bond donors (Lipinski definition) is 0. The lowest BCUT2D eigenvalue weighted by atomic mass is 10.0. The second-order valence-electron chi connectivity index (χ2n) is 7.37. The van der Waals surface area contributed by atoms with E-state index < -0.39 is 0 Å². The van der Waals surface area contributed by atoms with Gasteiger partial charge in [0.1, 0.15) is 11.5 Å². The van der Waals surface area contributed by atoms with Crippen LogP contribution in [0.1, 0.15) is 42.8 Å². The van der Waals surface area contributed by atoms with Gasteiger partial charge in [-0.1, -0.05) is 18.5 Å². The number of methoxy groups -OCH3 is 2. The molecular formula is C21H28ClN3O3. The third-order valence-corrected chi connectivity index (χ3v) is 6.04. The molecule has 2 unspecified atom stereocenters. The van der Waals surface area contributed by atoms with Gasteiger partial charge < -0.3 is 14.4 Å². The van der Waals surface area contributed by atoms with Gasteiger partial charge in [0.15, 0.2) is 0 Å². The van der Waals surface area contributed by atoms with Gasteiger partial charge in [0.2, 0.25) is 5.91 Å². The van der Waals surface area contributed by atoms with Crippen molar-refractivity contribution in [3.63, 3.8) is 0 Å². The second kappa shape index (κ2) is 8.43. The van der Waals surface area contributed by atoms with Gasteiger partial charge in [-0.25, -0.2) is 0 Å². The number of nitrogens with zero attached hydrogens (tertiary/aromatic N) is 3. The first-order valence-corrected chi connectivity index (χ1v) is 9.97. The Balaban J connectivity index is 1.82. The standard InChI is InChI=1S/C21H28ClN3O3/c1-13(12-25-15(3)20(22)14(2)23-25)21(26)24-10-6-7-18(24)17-11-16(27-4)8-9-19(17)28-5/h8-9,11,13,18H,6-7,10,12H2,1-5H3. The van der Waals surface area contributed by atoms with E-state index in [1.807, 2.05) is 48.6 Å². The minimum Gasteiger partial charge on any atom is -0.497 e. The van der Waals surface area contributed by atoms with Crippen molar-refractivity contribution >= 4 is 17.5 Å². The van der Waals surface area contributed by atoms with E-state index in [9.17, 15) is 4.79 Å². The summed E-state index contributed by atoms with van der Waals surface area (Å²) in [5.74, 6) is 1.46. The van der Waals surface area contributed by atoms with Crippen molar-refractivity contribution in [3.8, 4) is 11.5 Å². The molecule has 1 aliphatic heterocycles. The quantitative estimate of drug-likeness (QED) is 0.723. The number of aryl methyl sites for hydroxylation is 1. The number of likely N-dealkylation sites (tertiary alicyclic amines) is 1. The van der Waals surface area contributed by atoms with Crippen LogP contribution in [-0.4, -0.2) is 41.4 Å². The van der Waals surface area contributed by atoms with Crippen molar-refractivity contribution in [2.24, 2.45) is 5.92 Å². The van der Waals surface area contributed by atoms with Crippen LogP contribution in [0.4, 0.5) is 0 Å². The van der Waals surface area contributed by atoms with Crippen molar-refractivity contribution in [3.05, 3.63) is 40.2 Å². The summed E-state index contributed by atoms with van der Waals surface area (Å²) in [6.07, 6.45) is 1.88. The fraction of sp³-hybridized carbons (Fsp3) is 0.524. The molecule has 0 saturated carbocycles. The molecule has 0 bridgehead atoms. The molecule has 0 radical (unpaired) electrons. The van der Waals surface area contributed by atoms with E-state index in [2.05, 4.69) is 5.10 Å². The van der Waals surface area contributed by atoms with Crippen molar-refractivity contribution in [1.82, 2.24) is 14.7 Å². The molecule has 7 heteroatoms. The van der Waals surface area contributed by atoms with Crippen LogP contribution in [0.3, 0.4) is 0 Å². The largest absolute Gasteiger partial charge is 0.497 e. The summed E-state index contributed by atoms with van der Waals surface area (Å²) < 4.78 is 12.8. The first-order valence-electron chi connectivity index (χ1n) is 9.59. The topological polar surface area (TPSA) is 56.6 Å². The lowest BCUT2D eigenvalue weighted by molar-refractivity contribution is -0.136. The van der Waals surface area contributed by atoms with Crippen molar-refractivity contribution in [2.75, 3.05) is 20.8 Å². The Morgan fingerprint density at radius 2 is 2.07 bits per heavy atom. The Morgan fingerprint density at radius 1 is 1.32 bits per heavy atom. The fourth-order valence-corrected chi connectivity index (χ4v) is 4.06. The Kier molecular flexibility index (Phi) is 6.18. The van der Waals surface area contributed by atoms with Gasteiger partial charge in [-0.15, -0.1) is 0 Å². The Morgan fingerprint density at radius 3 is 2.68 bits per heavy atom. The highest BCUT2D eigenvalue weighted by molar-refractivity contribution is 6.31. The Labute approximate surface area is 171 Å². The second-order valence-corrected chi connectivity index (χ2v) is 7.74. The molecule has 0 aliphatic carbocycles. The monoisotopic (exact) mass is 405 g/mol. The van der Waals surface area contributed by atoms with Gasteiger partial charge in [-0.2, -0.15) is 5.10 Å². The molecule has 1 saturated heterocycles. The molecule has 0 N–H and O–H groups in total. The van der Waals surface area contributed by atoms with Crippen LogP contribution in [0.15, 0.2) is 18.2 Å². The maximum absolute atomic E-state index is 13.3. The number of aromatic nitrogens is 2. The predicted molar refractivity (Wildman–Crippen MR) is 109 cm³/mol. The van der Waals surface area contributed by atoms with Crippen LogP contribution in [0.5, 0.6) is 11.5 Å². The maximum Gasteiger partial charge on any atom is 0.227 e. The number of rotatable bonds is 6. The summed E-state index contributed by atoms with van der Waals surface area (Å²) in [6, 6.07) is 5.74. The van der Waals surface area contributed by atoms with Gasteiger partial charge in [0, 0.05) is 12.1 Å². The van der Waals surface area contributed by atoms with Gasteiger partial charge >= 0.3 is 0 Å². The summed E-state index contributed by atoms with van der Waals surface area (Å²) in [5.41, 5.74) is 2.68. The molecule has 3 rings (SSSR count). The number of carbonyl (C=O) groups excluding carboxylic acids is 1. The third-order valence-electron chi connectivity index (χ3n) is 5.49. The third kappa shape index (κ3) is 3.83. The van der Waals surface area contributed by atoms with Gasteiger partial charge in [0.05, 0.1) is 49.1 Å². The normalized spacial score (nSPS) is 17.6. The molecule has 1 amide bonds. The summed E-state index contributed by atoms with van der Waals surface area (Å²) in [4.78, 5) is 15.2. The zero-order valence-corrected chi connectivity index (χ0v) is 17.9. The van der Waals surface area contributed by atoms with E-state index in [0.29, 0.717) is 11.6 Å². The molecule has 2 aromatic rings. The smallest absolute Gasteiger partial charge is 0.227 e. The number of halogens is 1. The molecule has 0 spiro atoms. The number of benzene rings is 1. The van der Waals surface area contributed by atoms with Crippen molar-refractivity contribution in [1.29, 1.82) is 0 Å². The van der Waals surface area contributed by atoms with Crippen LogP contribution in [-0.2, 0) is 11.3 Å². The summed E-state index contributed by atoms with van der Waals surface area (Å²) in [5, 5.41) is 5.13. The zero-order valence-electron chi connectivity index (χ0n) is 17.2. The van der Waals surface area contributed by atoms with E-state index in [-0.39, 0.29) is 17.9 Å². The Hall–Kier alpha value is -2.21. The van der Waals surface area contributed by atoms with Crippen LogP contribution < -0.4 is 9.47 Å². The lowest BCUT2D eigenvalue weighted by Gasteiger charge is -2.29. The van der Waals surface area contributed by atoms with Crippen LogP contribution in [0, 0.1) is 19.8 Å². The van der Waals surface area contributed by atoms with E-state index >= 15 is 0 Å². The molecule has 28 heavy (non-hydrogen) atoms. The highest BCUT2D eigenvalue weighted by Crippen LogP contribution is 2.39. The predicted octanol–water partition coefficient (Wildman–Crippen LogP) is 4.17. The molecule has 1 aliphatic rings. The minimum absolute atomic E-state index is 0.0101. The highest BCUT2D eigenvalue weighted by atomic mass is 35.5. The van der Waals surface area contributed by atoms with Gasteiger partial charge in [-0.3, -0.25) is 9.48 Å². The molecular weight excluding hydrogens is 378 g/mol. The fourth-order valence-electron chi connectivity index (χ4n) is 3.93. The van der Waals surface area contributed by atoms with Crippen molar-refractivity contribution in [2.45, 2.75) is 46.2 Å². The molecule has 152 valence electrons. The van der Waals surface area contributed by atoms with E-state index in [0.717, 1.165) is 47.8 Å². The van der Waals surface area contributed by atoms with Gasteiger partial charge in [0.25, 0.3) is 0 Å². The SMILES string of the molecule is COc1ccc(OC)c(C2CCCN2C(=O)C(C)Cn2nc(C)c(Cl)c2C)c1. The van der Waals surface area contributed by atoms with Gasteiger partial charge in [-0.05, 0) is 44.9 Å². The van der Waals surface area contributed by atoms with E-state index in [4.69, 9.17) is 21.1 Å². The highest BCUT2D eigenvalue weighted by Gasteiger charge is 2.34. The minimum atomic E-state index is -0.203. The molecule has 1 aromatic heterocycles. The molecule has 2 heterocycles. The number of carbonyl (C=O) groups is 1. The summed E-state index contributed by atoms with van der Waals surface area (Å²) >= 11 is 6.25. The Bertz CT molecular complexity index is 865. The summed E-state index contributed by atoms with van der Waals surface area (Å²) in [6.45, 7) is 7.01. The molecule has 1 fully saturated rings. The van der Waals surface area contributed by atoms with E-state index in [1.54, 1.807) is 14.2 Å². The van der Waals surface area contributed by atoms with Crippen LogP contribution in [0.2, 0.25) is 5.02 Å². The first kappa shape index (κ1) is 20.5. The number of hydrogen-bond acceptors (Lipinski definition) is 4. The van der Waals surface area contributed by atoms with E-state index in [1.165, 1.54) is 0 Å². The molecule has 2 atom stereocenters. The lowest BCUT2D eigenvalue weighted by Crippen LogP contribution is -2.36. The average Bonchev–Trinajstić information content (AvgIpc) is 3.28. The maximum atomic E-state index is 13.3. The van der Waals surface area contributed by atoms with Crippen molar-refractivity contribution < 1.29 is 14.3 Å². The van der Waals surface area contributed by atoms with Crippen LogP contribution >= 0.6 is 11.6 Å². The molecule has 6 nitrogen and oxygen atoms in total. The average molecular weight is 406 g/mol. The van der Waals surface area contributed by atoms with Crippen LogP contribution in [0.25, 0.3) is 0 Å². The number of ether oxygens (including phenoxy) is 2. The first-order chi connectivity index (χ1) is 13.4.